The molecule has 2 aromatic carbocycles. The number of anilines is 3. The zero-order valence-corrected chi connectivity index (χ0v) is 14.4. The Bertz CT molecular complexity index is 834. The zero-order chi connectivity index (χ0) is 16.9. The topological polar surface area (TPSA) is 49.8 Å². The predicted octanol–water partition coefficient (Wildman–Crippen LogP) is 5.10. The molecule has 3 rings (SSSR count). The van der Waals surface area contributed by atoms with Crippen molar-refractivity contribution in [3.05, 3.63) is 76.4 Å². The van der Waals surface area contributed by atoms with Gasteiger partial charge >= 0.3 is 0 Å². The van der Waals surface area contributed by atoms with E-state index in [1.54, 1.807) is 0 Å². The molecule has 0 aliphatic rings. The van der Waals surface area contributed by atoms with Crippen LogP contribution >= 0.6 is 11.6 Å². The average molecular weight is 339 g/mol. The van der Waals surface area contributed by atoms with Gasteiger partial charge in [-0.25, -0.2) is 4.98 Å². The van der Waals surface area contributed by atoms with Gasteiger partial charge in [-0.15, -0.1) is 0 Å². The van der Waals surface area contributed by atoms with E-state index >= 15 is 0 Å². The van der Waals surface area contributed by atoms with Crippen molar-refractivity contribution in [3.8, 4) is 0 Å². The molecule has 0 unspecified atom stereocenters. The summed E-state index contributed by atoms with van der Waals surface area (Å²) in [6.45, 7) is 4.61. The largest absolute Gasteiger partial charge is 0.350 e. The first kappa shape index (κ1) is 16.3. The molecule has 0 fully saturated rings. The molecule has 1 heterocycles. The van der Waals surface area contributed by atoms with Crippen molar-refractivity contribution in [1.29, 1.82) is 0 Å². The van der Waals surface area contributed by atoms with Gasteiger partial charge in [0.15, 0.2) is 0 Å². The van der Waals surface area contributed by atoms with E-state index in [-0.39, 0.29) is 0 Å². The molecule has 0 spiro atoms. The first-order chi connectivity index (χ1) is 11.6. The summed E-state index contributed by atoms with van der Waals surface area (Å²) < 4.78 is 0. The van der Waals surface area contributed by atoms with E-state index < -0.39 is 0 Å². The maximum atomic E-state index is 6.18. The van der Waals surface area contributed by atoms with Gasteiger partial charge in [0.25, 0.3) is 0 Å². The van der Waals surface area contributed by atoms with E-state index in [0.717, 1.165) is 27.8 Å². The smallest absolute Gasteiger partial charge is 0.225 e. The fourth-order valence-corrected chi connectivity index (χ4v) is 2.49. The van der Waals surface area contributed by atoms with Gasteiger partial charge in [0.2, 0.25) is 5.95 Å². The number of halogens is 1. The van der Waals surface area contributed by atoms with E-state index in [1.165, 1.54) is 5.56 Å². The summed E-state index contributed by atoms with van der Waals surface area (Å²) in [5.74, 6) is 1.33. The summed E-state index contributed by atoms with van der Waals surface area (Å²) in [6.07, 6.45) is 0. The minimum Gasteiger partial charge on any atom is -0.350 e. The Morgan fingerprint density at radius 1 is 0.958 bits per heavy atom. The van der Waals surface area contributed by atoms with Crippen LogP contribution in [-0.2, 0) is 6.54 Å². The number of hydrogen-bond acceptors (Lipinski definition) is 4. The number of hydrogen-bond donors (Lipinski definition) is 2. The van der Waals surface area contributed by atoms with Crippen LogP contribution in [0.15, 0.2) is 54.6 Å². The Labute approximate surface area is 146 Å². The number of aryl methyl sites for hydroxylation is 2. The van der Waals surface area contributed by atoms with Gasteiger partial charge in [0.1, 0.15) is 5.82 Å². The molecule has 0 radical (unpaired) electrons. The highest BCUT2D eigenvalue weighted by atomic mass is 35.5. The van der Waals surface area contributed by atoms with Crippen LogP contribution in [0, 0.1) is 13.8 Å². The summed E-state index contributed by atoms with van der Waals surface area (Å²) >= 11 is 6.18. The van der Waals surface area contributed by atoms with Crippen LogP contribution in [0.25, 0.3) is 0 Å². The summed E-state index contributed by atoms with van der Waals surface area (Å²) in [6, 6.07) is 17.9. The van der Waals surface area contributed by atoms with Gasteiger partial charge in [-0.1, -0.05) is 48.0 Å². The molecule has 0 bridgehead atoms. The third-order valence-corrected chi connectivity index (χ3v) is 4.00. The molecular weight excluding hydrogens is 320 g/mol. The number of aromatic nitrogens is 2. The molecule has 3 aromatic rings. The molecular formula is C19H19ClN4. The maximum absolute atomic E-state index is 6.18. The lowest BCUT2D eigenvalue weighted by Crippen LogP contribution is -2.06. The fourth-order valence-electron chi connectivity index (χ4n) is 2.31. The summed E-state index contributed by atoms with van der Waals surface area (Å²) in [4.78, 5) is 8.95. The molecule has 0 saturated heterocycles. The van der Waals surface area contributed by atoms with Crippen molar-refractivity contribution in [2.45, 2.75) is 20.4 Å². The SMILES string of the molecule is Cc1cc(Nc2ccc(C)c(Cl)c2)nc(NCc2ccccc2)n1. The fraction of sp³-hybridized carbons (Fsp3) is 0.158. The maximum Gasteiger partial charge on any atom is 0.225 e. The summed E-state index contributed by atoms with van der Waals surface area (Å²) in [5, 5.41) is 7.27. The number of rotatable bonds is 5. The van der Waals surface area contributed by atoms with Gasteiger partial charge in [-0.2, -0.15) is 4.98 Å². The Hall–Kier alpha value is -2.59. The number of nitrogens with zero attached hydrogens (tertiary/aromatic N) is 2. The van der Waals surface area contributed by atoms with E-state index in [0.29, 0.717) is 12.5 Å². The van der Waals surface area contributed by atoms with E-state index in [2.05, 4.69) is 32.7 Å². The first-order valence-electron chi connectivity index (χ1n) is 7.77. The average Bonchev–Trinajstić information content (AvgIpc) is 2.57. The molecule has 0 atom stereocenters. The predicted molar refractivity (Wildman–Crippen MR) is 100 cm³/mol. The minimum absolute atomic E-state index is 0.597. The Kier molecular flexibility index (Phi) is 4.96. The van der Waals surface area contributed by atoms with Gasteiger partial charge in [-0.05, 0) is 37.1 Å². The Morgan fingerprint density at radius 3 is 2.50 bits per heavy atom. The van der Waals surface area contributed by atoms with Crippen LogP contribution in [0.1, 0.15) is 16.8 Å². The standard InChI is InChI=1S/C19H19ClN4/c1-13-8-9-16(11-17(13)20)23-18-10-14(2)22-19(24-18)21-12-15-6-4-3-5-7-15/h3-11H,12H2,1-2H3,(H2,21,22,23,24). The lowest BCUT2D eigenvalue weighted by molar-refractivity contribution is 1.03. The monoisotopic (exact) mass is 338 g/mol. The Morgan fingerprint density at radius 2 is 1.75 bits per heavy atom. The molecule has 0 aliphatic heterocycles. The molecule has 122 valence electrons. The summed E-state index contributed by atoms with van der Waals surface area (Å²) in [5.41, 5.74) is 4.02. The third kappa shape index (κ3) is 4.24. The van der Waals surface area contributed by atoms with Crippen molar-refractivity contribution < 1.29 is 0 Å². The van der Waals surface area contributed by atoms with Gasteiger partial charge in [0, 0.05) is 29.0 Å². The van der Waals surface area contributed by atoms with Crippen molar-refractivity contribution in [2.24, 2.45) is 0 Å². The highest BCUT2D eigenvalue weighted by Crippen LogP contribution is 2.23. The molecule has 24 heavy (non-hydrogen) atoms. The highest BCUT2D eigenvalue weighted by molar-refractivity contribution is 6.31. The molecule has 5 heteroatoms. The second kappa shape index (κ2) is 7.32. The number of benzene rings is 2. The van der Waals surface area contributed by atoms with E-state index in [4.69, 9.17) is 11.6 Å². The van der Waals surface area contributed by atoms with Crippen LogP contribution in [0.3, 0.4) is 0 Å². The van der Waals surface area contributed by atoms with Crippen molar-refractivity contribution in [2.75, 3.05) is 10.6 Å². The van der Waals surface area contributed by atoms with Crippen LogP contribution in [0.4, 0.5) is 17.5 Å². The molecule has 2 N–H and O–H groups in total. The quantitative estimate of drug-likeness (QED) is 0.679. The van der Waals surface area contributed by atoms with Crippen LogP contribution in [0.2, 0.25) is 5.02 Å². The molecule has 0 saturated carbocycles. The summed E-state index contributed by atoms with van der Waals surface area (Å²) in [7, 11) is 0. The van der Waals surface area contributed by atoms with Crippen LogP contribution < -0.4 is 10.6 Å². The highest BCUT2D eigenvalue weighted by Gasteiger charge is 2.04. The van der Waals surface area contributed by atoms with Crippen molar-refractivity contribution in [1.82, 2.24) is 9.97 Å². The van der Waals surface area contributed by atoms with E-state index in [1.807, 2.05) is 56.3 Å². The van der Waals surface area contributed by atoms with Gasteiger partial charge in [-0.3, -0.25) is 0 Å². The molecule has 0 amide bonds. The third-order valence-electron chi connectivity index (χ3n) is 3.59. The molecule has 4 nitrogen and oxygen atoms in total. The van der Waals surface area contributed by atoms with Crippen molar-refractivity contribution in [3.63, 3.8) is 0 Å². The van der Waals surface area contributed by atoms with E-state index in [9.17, 15) is 0 Å². The lowest BCUT2D eigenvalue weighted by Gasteiger charge is -2.11. The first-order valence-corrected chi connectivity index (χ1v) is 8.14. The Balaban J connectivity index is 1.74. The van der Waals surface area contributed by atoms with Crippen molar-refractivity contribution >= 4 is 29.1 Å². The van der Waals surface area contributed by atoms with Gasteiger partial charge < -0.3 is 10.6 Å². The second-order valence-corrected chi connectivity index (χ2v) is 6.05. The lowest BCUT2D eigenvalue weighted by atomic mass is 10.2. The second-order valence-electron chi connectivity index (χ2n) is 5.65. The number of nitrogens with one attached hydrogen (secondary N) is 2. The minimum atomic E-state index is 0.597. The van der Waals surface area contributed by atoms with Crippen LogP contribution in [-0.4, -0.2) is 9.97 Å². The molecule has 1 aromatic heterocycles. The van der Waals surface area contributed by atoms with Crippen LogP contribution in [0.5, 0.6) is 0 Å². The normalized spacial score (nSPS) is 10.5. The molecule has 0 aliphatic carbocycles. The zero-order valence-electron chi connectivity index (χ0n) is 13.7. The van der Waals surface area contributed by atoms with Gasteiger partial charge in [0.05, 0.1) is 0 Å².